The predicted octanol–water partition coefficient (Wildman–Crippen LogP) is -0.614. The Morgan fingerprint density at radius 3 is 2.61 bits per heavy atom. The first-order chi connectivity index (χ1) is 8.34. The van der Waals surface area contributed by atoms with Crippen LogP contribution in [0.4, 0.5) is 4.79 Å². The average molecular weight is 253 g/mol. The fraction of sp³-hybridized carbons (Fsp3) is 0.400. The molecule has 0 radical (unpaired) electrons. The molecule has 0 aromatic heterocycles. The minimum absolute atomic E-state index is 0.0660. The van der Waals surface area contributed by atoms with E-state index in [4.69, 9.17) is 5.73 Å². The van der Waals surface area contributed by atoms with E-state index in [1.807, 2.05) is 0 Å². The Kier molecular flexibility index (Phi) is 4.03. The smallest absolute Gasteiger partial charge is 0.332 e. The number of carbonyl (C=O) groups excluding carboxylic acids is 2. The van der Waals surface area contributed by atoms with Crippen LogP contribution in [0, 0.1) is 0 Å². The summed E-state index contributed by atoms with van der Waals surface area (Å²) in [6.45, 7) is 1.69. The summed E-state index contributed by atoms with van der Waals surface area (Å²) >= 11 is 0. The van der Waals surface area contributed by atoms with Crippen molar-refractivity contribution < 1.29 is 14.7 Å². The Morgan fingerprint density at radius 2 is 2.11 bits per heavy atom. The number of hydrazone groups is 1. The van der Waals surface area contributed by atoms with Crippen molar-refractivity contribution >= 4 is 23.5 Å². The van der Waals surface area contributed by atoms with Gasteiger partial charge in [0.15, 0.2) is 0 Å². The zero-order valence-corrected chi connectivity index (χ0v) is 10.4. The highest BCUT2D eigenvalue weighted by Crippen LogP contribution is 2.15. The van der Waals surface area contributed by atoms with Crippen molar-refractivity contribution in [2.24, 2.45) is 15.8 Å². The number of primary amides is 1. The largest absolute Gasteiger partial charge is 0.493 e. The van der Waals surface area contributed by atoms with Crippen molar-refractivity contribution in [3.8, 4) is 0 Å². The summed E-state index contributed by atoms with van der Waals surface area (Å²) in [6.07, 6.45) is 0. The van der Waals surface area contributed by atoms with Gasteiger partial charge in [-0.3, -0.25) is 4.79 Å². The van der Waals surface area contributed by atoms with Crippen molar-refractivity contribution in [1.29, 1.82) is 0 Å². The molecule has 18 heavy (non-hydrogen) atoms. The second kappa shape index (κ2) is 5.30. The van der Waals surface area contributed by atoms with E-state index < -0.39 is 6.03 Å². The Morgan fingerprint density at radius 1 is 1.50 bits per heavy atom. The highest BCUT2D eigenvalue weighted by molar-refractivity contribution is 6.25. The molecule has 8 heteroatoms. The fourth-order valence-corrected chi connectivity index (χ4v) is 1.38. The second-order valence-corrected chi connectivity index (χ2v) is 3.87. The van der Waals surface area contributed by atoms with Crippen LogP contribution in [0.1, 0.15) is 6.92 Å². The molecule has 0 aromatic carbocycles. The van der Waals surface area contributed by atoms with Crippen LogP contribution in [-0.4, -0.2) is 54.2 Å². The number of amides is 3. The minimum atomic E-state index is -0.811. The van der Waals surface area contributed by atoms with Crippen LogP contribution in [0.5, 0.6) is 0 Å². The van der Waals surface area contributed by atoms with E-state index >= 15 is 0 Å². The van der Waals surface area contributed by atoms with Crippen LogP contribution >= 0.6 is 0 Å². The number of urea groups is 1. The number of rotatable bonds is 2. The molecule has 0 atom stereocenters. The van der Waals surface area contributed by atoms with Gasteiger partial charge in [-0.05, 0) is 12.5 Å². The number of nitrogens with one attached hydrogen (secondary N) is 1. The second-order valence-electron chi connectivity index (χ2n) is 3.87. The third-order valence-electron chi connectivity index (χ3n) is 2.33. The molecule has 0 spiro atoms. The molecule has 0 aromatic rings. The molecule has 98 valence electrons. The summed E-state index contributed by atoms with van der Waals surface area (Å²) in [5.74, 6) is -0.718. The summed E-state index contributed by atoms with van der Waals surface area (Å²) < 4.78 is 0. The van der Waals surface area contributed by atoms with Crippen molar-refractivity contribution in [3.63, 3.8) is 0 Å². The number of aliphatic hydroxyl groups is 1. The molecule has 0 saturated carbocycles. The first kappa shape index (κ1) is 13.7. The van der Waals surface area contributed by atoms with Gasteiger partial charge in [0.2, 0.25) is 5.90 Å². The lowest BCUT2D eigenvalue weighted by Crippen LogP contribution is -2.33. The van der Waals surface area contributed by atoms with E-state index in [0.717, 1.165) is 0 Å². The number of nitrogens with two attached hydrogens (primary N) is 1. The van der Waals surface area contributed by atoms with Gasteiger partial charge in [0.05, 0.1) is 12.3 Å². The number of aliphatic imine (C=N–C) groups is 1. The van der Waals surface area contributed by atoms with Gasteiger partial charge in [-0.1, -0.05) is 0 Å². The molecule has 1 aliphatic heterocycles. The van der Waals surface area contributed by atoms with Crippen LogP contribution < -0.4 is 11.2 Å². The maximum absolute atomic E-state index is 11.9. The number of nitrogens with zero attached hydrogens (tertiary/aromatic N) is 3. The van der Waals surface area contributed by atoms with E-state index in [1.165, 1.54) is 4.90 Å². The minimum Gasteiger partial charge on any atom is -0.493 e. The molecule has 0 fully saturated rings. The quantitative estimate of drug-likeness (QED) is 0.569. The van der Waals surface area contributed by atoms with Crippen molar-refractivity contribution in [1.82, 2.24) is 10.3 Å². The van der Waals surface area contributed by atoms with E-state index in [0.29, 0.717) is 11.3 Å². The van der Waals surface area contributed by atoms with Crippen LogP contribution in [-0.2, 0) is 4.79 Å². The van der Waals surface area contributed by atoms with Gasteiger partial charge in [-0.15, -0.1) is 0 Å². The molecule has 0 bridgehead atoms. The van der Waals surface area contributed by atoms with Gasteiger partial charge < -0.3 is 15.7 Å². The van der Waals surface area contributed by atoms with Gasteiger partial charge >= 0.3 is 6.03 Å². The SMILES string of the molecule is CC1=C(C(=O)N(C)C)C(O)=NCC1=NNC(N)=O. The Labute approximate surface area is 104 Å². The van der Waals surface area contributed by atoms with Crippen LogP contribution in [0.15, 0.2) is 21.2 Å². The summed E-state index contributed by atoms with van der Waals surface area (Å²) in [6, 6.07) is -0.811. The van der Waals surface area contributed by atoms with Crippen molar-refractivity contribution in [2.45, 2.75) is 6.92 Å². The van der Waals surface area contributed by atoms with E-state index in [2.05, 4.69) is 15.5 Å². The molecular formula is C10H15N5O3. The first-order valence-corrected chi connectivity index (χ1v) is 5.13. The van der Waals surface area contributed by atoms with Crippen LogP contribution in [0.2, 0.25) is 0 Å². The number of aliphatic hydroxyl groups excluding tert-OH is 1. The zero-order valence-electron chi connectivity index (χ0n) is 10.4. The topological polar surface area (TPSA) is 120 Å². The van der Waals surface area contributed by atoms with Crippen LogP contribution in [0.25, 0.3) is 0 Å². The lowest BCUT2D eigenvalue weighted by atomic mass is 10.0. The van der Waals surface area contributed by atoms with E-state index in [-0.39, 0.29) is 23.9 Å². The van der Waals surface area contributed by atoms with Crippen molar-refractivity contribution in [3.05, 3.63) is 11.1 Å². The summed E-state index contributed by atoms with van der Waals surface area (Å²) in [5, 5.41) is 13.4. The number of likely N-dealkylation sites (N-methyl/N-ethyl adjacent to an activating group) is 1. The zero-order chi connectivity index (χ0) is 13.9. The third kappa shape index (κ3) is 2.84. The van der Waals surface area contributed by atoms with Gasteiger partial charge in [0.25, 0.3) is 5.91 Å². The number of hydrogen-bond donors (Lipinski definition) is 3. The number of hydrogen-bond acceptors (Lipinski definition) is 4. The Balaban J connectivity index is 3.13. The molecule has 3 amide bonds. The summed E-state index contributed by atoms with van der Waals surface area (Å²) in [4.78, 5) is 27.5. The average Bonchev–Trinajstić information content (AvgIpc) is 2.27. The molecule has 0 unspecified atom stereocenters. The maximum atomic E-state index is 11.9. The first-order valence-electron chi connectivity index (χ1n) is 5.13. The summed E-state index contributed by atoms with van der Waals surface area (Å²) in [5.41, 5.74) is 7.85. The lowest BCUT2D eigenvalue weighted by Gasteiger charge is -2.19. The maximum Gasteiger partial charge on any atom is 0.332 e. The van der Waals surface area contributed by atoms with Crippen molar-refractivity contribution in [2.75, 3.05) is 20.6 Å². The molecule has 0 saturated heterocycles. The standard InChI is InChI=1S/C10H15N5O3/c1-5-6(13-14-10(11)18)4-12-8(16)7(5)9(17)15(2)3/h4H2,1-3H3,(H,12,16)(H3,11,14,18). The normalized spacial score (nSPS) is 17.5. The monoisotopic (exact) mass is 253 g/mol. The molecule has 1 rings (SSSR count). The van der Waals surface area contributed by atoms with E-state index in [1.54, 1.807) is 21.0 Å². The summed E-state index contributed by atoms with van der Waals surface area (Å²) in [7, 11) is 3.12. The highest BCUT2D eigenvalue weighted by Gasteiger charge is 2.26. The van der Waals surface area contributed by atoms with Gasteiger partial charge in [0.1, 0.15) is 5.57 Å². The van der Waals surface area contributed by atoms with Gasteiger partial charge in [0, 0.05) is 14.1 Å². The fourth-order valence-electron chi connectivity index (χ4n) is 1.38. The molecule has 0 aliphatic carbocycles. The number of carbonyl (C=O) groups is 2. The van der Waals surface area contributed by atoms with E-state index in [9.17, 15) is 14.7 Å². The third-order valence-corrected chi connectivity index (χ3v) is 2.33. The highest BCUT2D eigenvalue weighted by atomic mass is 16.3. The molecular weight excluding hydrogens is 238 g/mol. The molecule has 1 heterocycles. The van der Waals surface area contributed by atoms with Gasteiger partial charge in [-0.25, -0.2) is 15.2 Å². The van der Waals surface area contributed by atoms with Crippen LogP contribution in [0.3, 0.4) is 0 Å². The molecule has 8 nitrogen and oxygen atoms in total. The Hall–Kier alpha value is -2.38. The lowest BCUT2D eigenvalue weighted by molar-refractivity contribution is -0.124. The predicted molar refractivity (Wildman–Crippen MR) is 66.5 cm³/mol. The van der Waals surface area contributed by atoms with Gasteiger partial charge in [-0.2, -0.15) is 5.10 Å². The number of dihydropyridines is 1. The molecule has 1 aliphatic rings. The molecule has 4 N–H and O–H groups in total. The Bertz CT molecular complexity index is 476.